The van der Waals surface area contributed by atoms with Crippen LogP contribution in [0.25, 0.3) is 0 Å². The van der Waals surface area contributed by atoms with Gasteiger partial charge in [-0.15, -0.1) is 0 Å². The van der Waals surface area contributed by atoms with Gasteiger partial charge < -0.3 is 9.67 Å². The van der Waals surface area contributed by atoms with E-state index in [0.717, 1.165) is 12.1 Å². The molecule has 0 amide bonds. The van der Waals surface area contributed by atoms with Gasteiger partial charge in [-0.2, -0.15) is 0 Å². The summed E-state index contributed by atoms with van der Waals surface area (Å²) in [4.78, 5) is 14.5. The smallest absolute Gasteiger partial charge is 0.372 e. The number of rotatable bonds is 3. The van der Waals surface area contributed by atoms with Gasteiger partial charge in [0, 0.05) is 18.9 Å². The number of imidazole rings is 1. The Balaban J connectivity index is 2.93. The Morgan fingerprint density at radius 1 is 1.69 bits per heavy atom. The van der Waals surface area contributed by atoms with Crippen LogP contribution in [0, 0.1) is 5.92 Å². The third-order valence-corrected chi connectivity index (χ3v) is 1.89. The minimum absolute atomic E-state index is 0.107. The summed E-state index contributed by atoms with van der Waals surface area (Å²) in [6, 6.07) is 0. The van der Waals surface area contributed by atoms with Gasteiger partial charge in [0.15, 0.2) is 0 Å². The fourth-order valence-corrected chi connectivity index (χ4v) is 1.25. The van der Waals surface area contributed by atoms with E-state index < -0.39 is 5.97 Å². The fourth-order valence-electron chi connectivity index (χ4n) is 1.25. The van der Waals surface area contributed by atoms with Crippen LogP contribution in [0.1, 0.15) is 30.2 Å². The summed E-state index contributed by atoms with van der Waals surface area (Å²) in [7, 11) is 1.73. The minimum atomic E-state index is -0.975. The van der Waals surface area contributed by atoms with E-state index in [-0.39, 0.29) is 5.82 Å². The summed E-state index contributed by atoms with van der Waals surface area (Å²) < 4.78 is 1.63. The van der Waals surface area contributed by atoms with Crippen molar-refractivity contribution in [3.63, 3.8) is 0 Å². The molecule has 1 aromatic rings. The van der Waals surface area contributed by atoms with E-state index in [2.05, 4.69) is 18.8 Å². The molecule has 4 heteroatoms. The first kappa shape index (κ1) is 9.77. The van der Waals surface area contributed by atoms with Gasteiger partial charge in [0.05, 0.1) is 0 Å². The molecule has 0 aliphatic rings. The molecule has 1 N–H and O–H groups in total. The molecule has 0 aromatic carbocycles. The van der Waals surface area contributed by atoms with E-state index >= 15 is 0 Å². The lowest BCUT2D eigenvalue weighted by Crippen LogP contribution is -2.09. The van der Waals surface area contributed by atoms with Crippen LogP contribution in [0.5, 0.6) is 0 Å². The van der Waals surface area contributed by atoms with Gasteiger partial charge in [-0.3, -0.25) is 0 Å². The largest absolute Gasteiger partial charge is 0.475 e. The first-order valence-corrected chi connectivity index (χ1v) is 4.26. The van der Waals surface area contributed by atoms with Crippen molar-refractivity contribution in [3.8, 4) is 0 Å². The van der Waals surface area contributed by atoms with Crippen molar-refractivity contribution in [1.29, 1.82) is 0 Å². The molecular weight excluding hydrogens is 168 g/mol. The summed E-state index contributed by atoms with van der Waals surface area (Å²) in [6.45, 7) is 4.18. The molecule has 0 saturated carbocycles. The Kier molecular flexibility index (Phi) is 2.70. The third-order valence-electron chi connectivity index (χ3n) is 1.89. The highest BCUT2D eigenvalue weighted by Gasteiger charge is 2.12. The van der Waals surface area contributed by atoms with Crippen molar-refractivity contribution < 1.29 is 9.90 Å². The Labute approximate surface area is 77.2 Å². The van der Waals surface area contributed by atoms with Gasteiger partial charge in [0.25, 0.3) is 0 Å². The molecule has 72 valence electrons. The van der Waals surface area contributed by atoms with Gasteiger partial charge in [-0.1, -0.05) is 13.8 Å². The van der Waals surface area contributed by atoms with Gasteiger partial charge in [-0.05, 0) is 12.3 Å². The number of carbonyl (C=O) groups is 1. The second-order valence-corrected chi connectivity index (χ2v) is 3.54. The van der Waals surface area contributed by atoms with E-state index in [9.17, 15) is 4.79 Å². The monoisotopic (exact) mass is 182 g/mol. The zero-order chi connectivity index (χ0) is 10.0. The molecule has 0 spiro atoms. The van der Waals surface area contributed by atoms with E-state index in [1.165, 1.54) is 0 Å². The molecule has 0 fully saturated rings. The highest BCUT2D eigenvalue weighted by atomic mass is 16.4. The topological polar surface area (TPSA) is 55.1 Å². The molecule has 0 atom stereocenters. The maximum atomic E-state index is 10.6. The van der Waals surface area contributed by atoms with Crippen LogP contribution >= 0.6 is 0 Å². The first-order valence-electron chi connectivity index (χ1n) is 4.26. The molecule has 0 aliphatic heterocycles. The first-order chi connectivity index (χ1) is 6.02. The van der Waals surface area contributed by atoms with Crippen LogP contribution in [0.4, 0.5) is 0 Å². The van der Waals surface area contributed by atoms with Crippen LogP contribution < -0.4 is 0 Å². The zero-order valence-electron chi connectivity index (χ0n) is 8.11. The average Bonchev–Trinajstić information content (AvgIpc) is 2.32. The Bertz CT molecular complexity index is 315. The molecule has 0 unspecified atom stereocenters. The summed E-state index contributed by atoms with van der Waals surface area (Å²) in [5.74, 6) is -0.356. The quantitative estimate of drug-likeness (QED) is 0.767. The maximum Gasteiger partial charge on any atom is 0.372 e. The van der Waals surface area contributed by atoms with Crippen molar-refractivity contribution in [2.45, 2.75) is 20.3 Å². The van der Waals surface area contributed by atoms with E-state index in [0.29, 0.717) is 5.92 Å². The Morgan fingerprint density at radius 2 is 2.31 bits per heavy atom. The lowest BCUT2D eigenvalue weighted by Gasteiger charge is -2.05. The van der Waals surface area contributed by atoms with Crippen molar-refractivity contribution in [2.24, 2.45) is 13.0 Å². The fraction of sp³-hybridized carbons (Fsp3) is 0.556. The number of aromatic nitrogens is 2. The standard InChI is InChI=1S/C9H14N2O2/c1-6(2)4-7-5-10-8(9(12)13)11(7)3/h5-6H,4H2,1-3H3,(H,12,13). The van der Waals surface area contributed by atoms with Crippen molar-refractivity contribution in [1.82, 2.24) is 9.55 Å². The highest BCUT2D eigenvalue weighted by Crippen LogP contribution is 2.08. The van der Waals surface area contributed by atoms with Crippen LogP contribution in [0.2, 0.25) is 0 Å². The number of aromatic carboxylic acids is 1. The maximum absolute atomic E-state index is 10.6. The summed E-state index contributed by atoms with van der Waals surface area (Å²) in [5, 5.41) is 8.73. The van der Waals surface area contributed by atoms with Crippen molar-refractivity contribution >= 4 is 5.97 Å². The Morgan fingerprint density at radius 3 is 2.69 bits per heavy atom. The number of carboxylic acid groups (broad SMARTS) is 1. The van der Waals surface area contributed by atoms with Gasteiger partial charge >= 0.3 is 5.97 Å². The predicted molar refractivity (Wildman–Crippen MR) is 48.7 cm³/mol. The summed E-state index contributed by atoms with van der Waals surface area (Å²) in [6.07, 6.45) is 2.49. The van der Waals surface area contributed by atoms with Crippen LogP contribution in [0.3, 0.4) is 0 Å². The van der Waals surface area contributed by atoms with E-state index in [4.69, 9.17) is 5.11 Å². The molecular formula is C9H14N2O2. The zero-order valence-corrected chi connectivity index (χ0v) is 8.11. The molecule has 13 heavy (non-hydrogen) atoms. The van der Waals surface area contributed by atoms with Gasteiger partial charge in [0.2, 0.25) is 5.82 Å². The molecule has 1 aromatic heterocycles. The molecule has 0 aliphatic carbocycles. The number of nitrogens with zero attached hydrogens (tertiary/aromatic N) is 2. The Hall–Kier alpha value is -1.32. The van der Waals surface area contributed by atoms with Gasteiger partial charge in [-0.25, -0.2) is 9.78 Å². The van der Waals surface area contributed by atoms with Crippen LogP contribution in [-0.4, -0.2) is 20.6 Å². The molecule has 1 heterocycles. The second-order valence-electron chi connectivity index (χ2n) is 3.54. The lowest BCUT2D eigenvalue weighted by molar-refractivity contribution is 0.0679. The number of hydrogen-bond acceptors (Lipinski definition) is 2. The number of carboxylic acids is 1. The molecule has 0 saturated heterocycles. The van der Waals surface area contributed by atoms with E-state index in [1.807, 2.05) is 0 Å². The summed E-state index contributed by atoms with van der Waals surface area (Å²) >= 11 is 0. The average molecular weight is 182 g/mol. The highest BCUT2D eigenvalue weighted by molar-refractivity contribution is 5.83. The third kappa shape index (κ3) is 2.08. The summed E-state index contributed by atoms with van der Waals surface area (Å²) in [5.41, 5.74) is 0.965. The van der Waals surface area contributed by atoms with Crippen LogP contribution in [-0.2, 0) is 13.5 Å². The molecule has 1 rings (SSSR count). The van der Waals surface area contributed by atoms with Crippen LogP contribution in [0.15, 0.2) is 6.20 Å². The lowest BCUT2D eigenvalue weighted by atomic mass is 10.1. The SMILES string of the molecule is CC(C)Cc1cnc(C(=O)O)n1C. The van der Waals surface area contributed by atoms with E-state index in [1.54, 1.807) is 17.8 Å². The predicted octanol–water partition coefficient (Wildman–Crippen LogP) is 1.32. The molecule has 0 radical (unpaired) electrons. The normalized spacial score (nSPS) is 10.8. The second kappa shape index (κ2) is 3.60. The van der Waals surface area contributed by atoms with Crippen molar-refractivity contribution in [2.75, 3.05) is 0 Å². The molecule has 4 nitrogen and oxygen atoms in total. The molecule has 0 bridgehead atoms. The van der Waals surface area contributed by atoms with Gasteiger partial charge in [0.1, 0.15) is 0 Å². The minimum Gasteiger partial charge on any atom is -0.475 e. The van der Waals surface area contributed by atoms with Crippen molar-refractivity contribution in [3.05, 3.63) is 17.7 Å². The number of hydrogen-bond donors (Lipinski definition) is 1.